The highest BCUT2D eigenvalue weighted by molar-refractivity contribution is 5.99. The number of nitriles is 3. The van der Waals surface area contributed by atoms with Gasteiger partial charge in [-0.2, -0.15) is 15.8 Å². The average molecular weight is 568 g/mol. The Balaban J connectivity index is 1.33. The van der Waals surface area contributed by atoms with Gasteiger partial charge in [-0.15, -0.1) is 5.10 Å². The summed E-state index contributed by atoms with van der Waals surface area (Å²) in [5, 5.41) is 47.0. The lowest BCUT2D eigenvalue weighted by molar-refractivity contribution is -0.0989. The van der Waals surface area contributed by atoms with Gasteiger partial charge in [0.15, 0.2) is 0 Å². The third-order valence-corrected chi connectivity index (χ3v) is 9.35. The Morgan fingerprint density at radius 3 is 2.44 bits per heavy atom. The molecule has 0 amide bonds. The van der Waals surface area contributed by atoms with Crippen molar-refractivity contribution in [2.24, 2.45) is 11.3 Å². The van der Waals surface area contributed by atoms with Crippen molar-refractivity contribution < 1.29 is 0 Å². The largest absolute Gasteiger partial charge is 0.383 e. The first kappa shape index (κ1) is 26.9. The molecule has 4 saturated carbocycles. The quantitative estimate of drug-likeness (QED) is 0.253. The van der Waals surface area contributed by atoms with Crippen LogP contribution in [0.2, 0.25) is 0 Å². The van der Waals surface area contributed by atoms with Gasteiger partial charge in [-0.1, -0.05) is 50.3 Å². The van der Waals surface area contributed by atoms with E-state index in [-0.39, 0.29) is 17.0 Å². The molecule has 43 heavy (non-hydrogen) atoms. The number of fused-ring (bicyclic) bond motifs is 1. The van der Waals surface area contributed by atoms with Crippen LogP contribution in [-0.4, -0.2) is 26.5 Å². The maximum absolute atomic E-state index is 10.1. The summed E-state index contributed by atoms with van der Waals surface area (Å²) in [7, 11) is 0. The van der Waals surface area contributed by atoms with Crippen LogP contribution < -0.4 is 10.6 Å². The van der Waals surface area contributed by atoms with Gasteiger partial charge in [0.05, 0.1) is 51.6 Å². The van der Waals surface area contributed by atoms with Crippen LogP contribution in [0.3, 0.4) is 0 Å². The van der Waals surface area contributed by atoms with Crippen LogP contribution in [0, 0.1) is 45.3 Å². The van der Waals surface area contributed by atoms with E-state index < -0.39 is 5.41 Å². The number of nitrogens with zero attached hydrogens (tertiary/aromatic N) is 7. The van der Waals surface area contributed by atoms with E-state index in [9.17, 15) is 15.8 Å². The second-order valence-electron chi connectivity index (χ2n) is 13.8. The van der Waals surface area contributed by atoms with Crippen LogP contribution in [0.5, 0.6) is 0 Å². The van der Waals surface area contributed by atoms with Gasteiger partial charge < -0.3 is 10.6 Å². The Morgan fingerprint density at radius 2 is 1.81 bits per heavy atom. The first-order chi connectivity index (χ1) is 20.7. The molecular formula is C34H33N9. The first-order valence-corrected chi connectivity index (χ1v) is 14.9. The lowest BCUT2D eigenvalue weighted by Crippen LogP contribution is -2.59. The minimum absolute atomic E-state index is 0.0269. The van der Waals surface area contributed by atoms with Crippen molar-refractivity contribution in [3.8, 4) is 18.2 Å². The van der Waals surface area contributed by atoms with Gasteiger partial charge in [-0.3, -0.25) is 4.98 Å². The molecule has 2 aromatic heterocycles. The smallest absolute Gasteiger partial charge is 0.109 e. The van der Waals surface area contributed by atoms with Crippen molar-refractivity contribution in [1.29, 1.82) is 15.8 Å². The topological polar surface area (TPSA) is 139 Å². The van der Waals surface area contributed by atoms with Crippen LogP contribution in [0.4, 0.5) is 11.4 Å². The zero-order valence-electron chi connectivity index (χ0n) is 24.6. The summed E-state index contributed by atoms with van der Waals surface area (Å²) in [6, 6.07) is 18.6. The molecule has 214 valence electrons. The van der Waals surface area contributed by atoms with Crippen LogP contribution in [0.25, 0.3) is 10.9 Å². The van der Waals surface area contributed by atoms with E-state index in [2.05, 4.69) is 77.2 Å². The molecule has 4 aliphatic rings. The number of aromatic nitrogens is 4. The van der Waals surface area contributed by atoms with Crippen LogP contribution in [0.1, 0.15) is 86.9 Å². The van der Waals surface area contributed by atoms with Crippen molar-refractivity contribution in [1.82, 2.24) is 20.0 Å². The highest BCUT2D eigenvalue weighted by Gasteiger charge is 2.59. The molecule has 0 unspecified atom stereocenters. The fourth-order valence-electron chi connectivity index (χ4n) is 6.55. The molecule has 2 N–H and O–H groups in total. The molecule has 4 fully saturated rings. The molecule has 8 rings (SSSR count). The van der Waals surface area contributed by atoms with Crippen molar-refractivity contribution in [3.63, 3.8) is 0 Å². The second-order valence-corrected chi connectivity index (χ2v) is 13.8. The molecule has 4 aliphatic carbocycles. The summed E-state index contributed by atoms with van der Waals surface area (Å²) in [6.07, 6.45) is 8.77. The number of benzene rings is 2. The molecule has 2 bridgehead atoms. The summed E-state index contributed by atoms with van der Waals surface area (Å²) in [4.78, 5) is 4.50. The van der Waals surface area contributed by atoms with E-state index in [4.69, 9.17) is 0 Å². The third-order valence-electron chi connectivity index (χ3n) is 9.35. The van der Waals surface area contributed by atoms with Crippen LogP contribution in [-0.2, 0) is 11.0 Å². The van der Waals surface area contributed by atoms with Gasteiger partial charge in [-0.05, 0) is 66.7 Å². The molecule has 0 spiro atoms. The number of anilines is 2. The highest BCUT2D eigenvalue weighted by Crippen LogP contribution is 2.62. The number of pyridine rings is 1. The van der Waals surface area contributed by atoms with Crippen molar-refractivity contribution in [2.45, 2.75) is 69.9 Å². The highest BCUT2D eigenvalue weighted by atomic mass is 15.5. The molecule has 0 saturated heterocycles. The Labute approximate surface area is 251 Å². The lowest BCUT2D eigenvalue weighted by atomic mass is 9.50. The summed E-state index contributed by atoms with van der Waals surface area (Å²) >= 11 is 0. The maximum atomic E-state index is 10.1. The van der Waals surface area contributed by atoms with E-state index in [1.165, 1.54) is 6.20 Å². The zero-order valence-corrected chi connectivity index (χ0v) is 24.6. The van der Waals surface area contributed by atoms with E-state index in [0.29, 0.717) is 39.9 Å². The minimum atomic E-state index is -0.423. The fraction of sp³-hybridized carbons (Fsp3) is 0.412. The van der Waals surface area contributed by atoms with E-state index >= 15 is 0 Å². The first-order valence-electron chi connectivity index (χ1n) is 14.9. The van der Waals surface area contributed by atoms with Gasteiger partial charge in [0.25, 0.3) is 0 Å². The van der Waals surface area contributed by atoms with Crippen LogP contribution >= 0.6 is 0 Å². The molecule has 0 aliphatic heterocycles. The van der Waals surface area contributed by atoms with E-state index in [1.54, 1.807) is 6.07 Å². The third kappa shape index (κ3) is 4.55. The second kappa shape index (κ2) is 9.54. The lowest BCUT2D eigenvalue weighted by Gasteiger charge is -2.61. The summed E-state index contributed by atoms with van der Waals surface area (Å²) in [6.45, 7) is 7.02. The van der Waals surface area contributed by atoms with Gasteiger partial charge in [0, 0.05) is 23.8 Å². The Kier molecular flexibility index (Phi) is 5.98. The van der Waals surface area contributed by atoms with Gasteiger partial charge in [0.1, 0.15) is 17.8 Å². The molecule has 9 heteroatoms. The number of hydrogen-bond acceptors (Lipinski definition) is 8. The number of nitrogens with one attached hydrogen (secondary N) is 2. The van der Waals surface area contributed by atoms with E-state index in [0.717, 1.165) is 54.8 Å². The molecule has 9 nitrogen and oxygen atoms in total. The standard InChI is InChI=1S/C34H33N9/c1-32(2,3)20-39-30-24(16-36)17-38-29-23(15-35)10-26(11-27(29)30)40-31(22-5-4-6-25(9-22)33(19-37)7-8-33)28-18-43(42-41-28)34-12-21(13-34)14-34/h4-6,9-11,17-18,21,31,40H,7-8,12-14,20H2,1-3H3,(H,38,39)/t21?,31-,34?/m0/s1. The molecule has 1 atom stereocenters. The van der Waals surface area contributed by atoms with Crippen molar-refractivity contribution in [2.75, 3.05) is 17.2 Å². The van der Waals surface area contributed by atoms with Crippen molar-refractivity contribution in [3.05, 3.63) is 76.7 Å². The van der Waals surface area contributed by atoms with Gasteiger partial charge in [-0.25, -0.2) is 4.68 Å². The predicted octanol–water partition coefficient (Wildman–Crippen LogP) is 6.29. The number of rotatable bonds is 8. The SMILES string of the molecule is CC(C)(C)CNc1c(C#N)cnc2c(C#N)cc(N[C@@H](c3cccc(C4(C#N)CC4)c3)c3cn(C45CC(C4)C5)nn3)cc12. The molecule has 0 radical (unpaired) electrons. The summed E-state index contributed by atoms with van der Waals surface area (Å²) < 4.78 is 2.04. The van der Waals surface area contributed by atoms with Crippen molar-refractivity contribution >= 4 is 22.3 Å². The van der Waals surface area contributed by atoms with Crippen LogP contribution in [0.15, 0.2) is 48.8 Å². The zero-order chi connectivity index (χ0) is 30.0. The van der Waals surface area contributed by atoms with E-state index in [1.807, 2.05) is 28.9 Å². The normalized spacial score (nSPS) is 21.8. The monoisotopic (exact) mass is 567 g/mol. The van der Waals surface area contributed by atoms with Gasteiger partial charge in [0.2, 0.25) is 0 Å². The summed E-state index contributed by atoms with van der Waals surface area (Å²) in [5.41, 5.74) is 5.16. The molecule has 2 heterocycles. The Hall–Kier alpha value is -4.94. The Bertz CT molecular complexity index is 1870. The maximum Gasteiger partial charge on any atom is 0.109 e. The van der Waals surface area contributed by atoms with Gasteiger partial charge >= 0.3 is 0 Å². The fourth-order valence-corrected chi connectivity index (χ4v) is 6.55. The summed E-state index contributed by atoms with van der Waals surface area (Å²) in [5.74, 6) is 0.814. The number of hydrogen-bond donors (Lipinski definition) is 2. The predicted molar refractivity (Wildman–Crippen MR) is 163 cm³/mol. The molecular weight excluding hydrogens is 534 g/mol. The molecule has 4 aromatic rings. The Morgan fingerprint density at radius 1 is 1.05 bits per heavy atom. The minimum Gasteiger partial charge on any atom is -0.383 e. The molecule has 2 aromatic carbocycles. The average Bonchev–Trinajstić information content (AvgIpc) is 3.62.